The summed E-state index contributed by atoms with van der Waals surface area (Å²) in [6.07, 6.45) is 0. The average Bonchev–Trinajstić information content (AvgIpc) is 1.87. The van der Waals surface area contributed by atoms with E-state index in [1.165, 1.54) is 0 Å². The van der Waals surface area contributed by atoms with Crippen molar-refractivity contribution in [2.24, 2.45) is 0 Å². The molecular formula is C7H16FNS. The Morgan fingerprint density at radius 3 is 2.60 bits per heavy atom. The molecule has 3 heteroatoms. The SMILES string of the molecule is CC(C)SCCNCCF. The molecule has 0 saturated heterocycles. The second kappa shape index (κ2) is 7.35. The lowest BCUT2D eigenvalue weighted by Gasteiger charge is -2.04. The zero-order valence-electron chi connectivity index (χ0n) is 6.69. The Bertz CT molecular complexity index is 68.6. The zero-order chi connectivity index (χ0) is 7.82. The highest BCUT2D eigenvalue weighted by Crippen LogP contribution is 2.06. The molecule has 0 aromatic rings. The number of thioether (sulfide) groups is 1. The minimum Gasteiger partial charge on any atom is -0.313 e. The summed E-state index contributed by atoms with van der Waals surface area (Å²) in [6, 6.07) is 0. The Labute approximate surface area is 66.8 Å². The topological polar surface area (TPSA) is 12.0 Å². The average molecular weight is 165 g/mol. The first-order valence-electron chi connectivity index (χ1n) is 3.65. The van der Waals surface area contributed by atoms with Gasteiger partial charge in [0.25, 0.3) is 0 Å². The smallest absolute Gasteiger partial charge is 0.102 e. The van der Waals surface area contributed by atoms with Crippen molar-refractivity contribution >= 4 is 11.8 Å². The van der Waals surface area contributed by atoms with E-state index < -0.39 is 0 Å². The highest BCUT2D eigenvalue weighted by atomic mass is 32.2. The Morgan fingerprint density at radius 2 is 2.10 bits per heavy atom. The highest BCUT2D eigenvalue weighted by molar-refractivity contribution is 7.99. The van der Waals surface area contributed by atoms with Gasteiger partial charge in [-0.1, -0.05) is 13.8 Å². The maximum Gasteiger partial charge on any atom is 0.102 e. The van der Waals surface area contributed by atoms with Gasteiger partial charge < -0.3 is 5.32 Å². The molecule has 0 fully saturated rings. The van der Waals surface area contributed by atoms with Gasteiger partial charge in [-0.05, 0) is 5.25 Å². The summed E-state index contributed by atoms with van der Waals surface area (Å²) in [4.78, 5) is 0. The van der Waals surface area contributed by atoms with E-state index in [2.05, 4.69) is 19.2 Å². The van der Waals surface area contributed by atoms with Gasteiger partial charge in [0.15, 0.2) is 0 Å². The fourth-order valence-corrected chi connectivity index (χ4v) is 1.29. The first kappa shape index (κ1) is 10.2. The molecule has 0 rings (SSSR count). The van der Waals surface area contributed by atoms with Gasteiger partial charge in [0.2, 0.25) is 0 Å². The molecule has 0 aliphatic heterocycles. The van der Waals surface area contributed by atoms with E-state index in [0.29, 0.717) is 11.8 Å². The molecule has 0 aromatic carbocycles. The number of halogens is 1. The number of alkyl halides is 1. The molecule has 0 unspecified atom stereocenters. The number of nitrogens with one attached hydrogen (secondary N) is 1. The number of hydrogen-bond acceptors (Lipinski definition) is 2. The van der Waals surface area contributed by atoms with Crippen molar-refractivity contribution in [3.8, 4) is 0 Å². The normalized spacial score (nSPS) is 10.8. The maximum atomic E-state index is 11.5. The third kappa shape index (κ3) is 8.24. The Morgan fingerprint density at radius 1 is 1.40 bits per heavy atom. The predicted octanol–water partition coefficient (Wildman–Crippen LogP) is 1.69. The molecule has 0 saturated carbocycles. The van der Waals surface area contributed by atoms with Crippen molar-refractivity contribution in [3.05, 3.63) is 0 Å². The monoisotopic (exact) mass is 165 g/mol. The van der Waals surface area contributed by atoms with E-state index in [1.807, 2.05) is 11.8 Å². The van der Waals surface area contributed by atoms with Gasteiger partial charge in [0.05, 0.1) is 0 Å². The van der Waals surface area contributed by atoms with E-state index in [4.69, 9.17) is 0 Å². The summed E-state index contributed by atoms with van der Waals surface area (Å²) in [5, 5.41) is 3.68. The van der Waals surface area contributed by atoms with Crippen LogP contribution in [0.5, 0.6) is 0 Å². The predicted molar refractivity (Wildman–Crippen MR) is 46.4 cm³/mol. The van der Waals surface area contributed by atoms with Crippen LogP contribution in [0.1, 0.15) is 13.8 Å². The lowest BCUT2D eigenvalue weighted by atomic mass is 10.6. The maximum absolute atomic E-state index is 11.5. The van der Waals surface area contributed by atoms with Gasteiger partial charge in [0, 0.05) is 18.8 Å². The van der Waals surface area contributed by atoms with Crippen molar-refractivity contribution in [1.82, 2.24) is 5.32 Å². The van der Waals surface area contributed by atoms with Crippen LogP contribution in [-0.4, -0.2) is 30.8 Å². The summed E-state index contributed by atoms with van der Waals surface area (Å²) in [7, 11) is 0. The molecular weight excluding hydrogens is 149 g/mol. The van der Waals surface area contributed by atoms with E-state index in [0.717, 1.165) is 12.3 Å². The van der Waals surface area contributed by atoms with Crippen molar-refractivity contribution < 1.29 is 4.39 Å². The van der Waals surface area contributed by atoms with Crippen molar-refractivity contribution in [2.75, 3.05) is 25.5 Å². The first-order chi connectivity index (χ1) is 4.77. The van der Waals surface area contributed by atoms with E-state index in [9.17, 15) is 4.39 Å². The van der Waals surface area contributed by atoms with E-state index in [-0.39, 0.29) is 6.67 Å². The summed E-state index contributed by atoms with van der Waals surface area (Å²) >= 11 is 1.90. The van der Waals surface area contributed by atoms with Crippen LogP contribution in [-0.2, 0) is 0 Å². The summed E-state index contributed by atoms with van der Waals surface area (Å²) in [5.41, 5.74) is 0. The van der Waals surface area contributed by atoms with Gasteiger partial charge in [-0.3, -0.25) is 0 Å². The molecule has 0 aliphatic rings. The molecule has 0 spiro atoms. The molecule has 1 nitrogen and oxygen atoms in total. The molecule has 0 bridgehead atoms. The molecule has 0 aromatic heterocycles. The largest absolute Gasteiger partial charge is 0.313 e. The molecule has 0 heterocycles. The minimum absolute atomic E-state index is 0.258. The van der Waals surface area contributed by atoms with Crippen LogP contribution in [0.4, 0.5) is 4.39 Å². The van der Waals surface area contributed by atoms with Gasteiger partial charge >= 0.3 is 0 Å². The number of hydrogen-bond donors (Lipinski definition) is 1. The van der Waals surface area contributed by atoms with Crippen LogP contribution in [0, 0.1) is 0 Å². The van der Waals surface area contributed by atoms with Crippen molar-refractivity contribution in [1.29, 1.82) is 0 Å². The first-order valence-corrected chi connectivity index (χ1v) is 4.70. The quantitative estimate of drug-likeness (QED) is 0.601. The molecule has 10 heavy (non-hydrogen) atoms. The van der Waals surface area contributed by atoms with Crippen LogP contribution in [0.3, 0.4) is 0 Å². The van der Waals surface area contributed by atoms with Crippen molar-refractivity contribution in [2.45, 2.75) is 19.1 Å². The summed E-state index contributed by atoms with van der Waals surface area (Å²) < 4.78 is 11.5. The minimum atomic E-state index is -0.258. The van der Waals surface area contributed by atoms with Crippen LogP contribution in [0.15, 0.2) is 0 Å². The Kier molecular flexibility index (Phi) is 7.52. The third-order valence-electron chi connectivity index (χ3n) is 1.00. The van der Waals surface area contributed by atoms with Gasteiger partial charge in [0.1, 0.15) is 6.67 Å². The lowest BCUT2D eigenvalue weighted by Crippen LogP contribution is -2.20. The highest BCUT2D eigenvalue weighted by Gasteiger charge is 1.92. The second-order valence-electron chi connectivity index (χ2n) is 2.36. The summed E-state index contributed by atoms with van der Waals surface area (Å²) in [5.74, 6) is 1.08. The molecule has 0 aliphatic carbocycles. The summed E-state index contributed by atoms with van der Waals surface area (Å²) in [6.45, 7) is 5.50. The number of rotatable bonds is 6. The molecule has 0 atom stereocenters. The third-order valence-corrected chi connectivity index (χ3v) is 2.11. The van der Waals surface area contributed by atoms with Crippen LogP contribution in [0.2, 0.25) is 0 Å². The fraction of sp³-hybridized carbons (Fsp3) is 1.00. The van der Waals surface area contributed by atoms with E-state index in [1.54, 1.807) is 0 Å². The molecule has 0 radical (unpaired) electrons. The van der Waals surface area contributed by atoms with Crippen LogP contribution >= 0.6 is 11.8 Å². The Hall–Kier alpha value is 0.240. The van der Waals surface area contributed by atoms with Crippen molar-refractivity contribution in [3.63, 3.8) is 0 Å². The molecule has 62 valence electrons. The molecule has 0 amide bonds. The Balaban J connectivity index is 2.77. The zero-order valence-corrected chi connectivity index (χ0v) is 7.51. The lowest BCUT2D eigenvalue weighted by molar-refractivity contribution is 0.472. The standard InChI is InChI=1S/C7H16FNS/c1-7(2)10-6-5-9-4-3-8/h7,9H,3-6H2,1-2H3. The van der Waals surface area contributed by atoms with E-state index >= 15 is 0 Å². The van der Waals surface area contributed by atoms with Gasteiger partial charge in [-0.2, -0.15) is 11.8 Å². The van der Waals surface area contributed by atoms with Gasteiger partial charge in [-0.25, -0.2) is 4.39 Å². The fourth-order valence-electron chi connectivity index (χ4n) is 0.559. The van der Waals surface area contributed by atoms with Gasteiger partial charge in [-0.15, -0.1) is 0 Å². The van der Waals surface area contributed by atoms with Crippen LogP contribution < -0.4 is 5.32 Å². The van der Waals surface area contributed by atoms with Crippen LogP contribution in [0.25, 0.3) is 0 Å². The second-order valence-corrected chi connectivity index (χ2v) is 4.04. The molecule has 1 N–H and O–H groups in total.